The molecular weight excluding hydrogens is 303 g/mol. The van der Waals surface area contributed by atoms with E-state index in [1.165, 1.54) is 12.5 Å². The number of halogens is 3. The van der Waals surface area contributed by atoms with Gasteiger partial charge in [0.2, 0.25) is 0 Å². The Morgan fingerprint density at radius 1 is 1.09 bits per heavy atom. The molecule has 0 atom stereocenters. The van der Waals surface area contributed by atoms with Gasteiger partial charge < -0.3 is 4.98 Å². The Morgan fingerprint density at radius 2 is 1.78 bits per heavy atom. The first-order valence-electron chi connectivity index (χ1n) is 8.07. The van der Waals surface area contributed by atoms with Gasteiger partial charge in [-0.25, -0.2) is 0 Å². The van der Waals surface area contributed by atoms with Gasteiger partial charge >= 0.3 is 6.18 Å². The maximum atomic E-state index is 12.8. The van der Waals surface area contributed by atoms with Crippen molar-refractivity contribution in [2.24, 2.45) is 0 Å². The highest BCUT2D eigenvalue weighted by atomic mass is 19.4. The van der Waals surface area contributed by atoms with Crippen LogP contribution in [-0.2, 0) is 12.6 Å². The number of aryl methyl sites for hydroxylation is 1. The molecule has 0 saturated heterocycles. The molecule has 2 aromatic rings. The van der Waals surface area contributed by atoms with Crippen LogP contribution in [0.5, 0.6) is 0 Å². The fraction of sp³-hybridized carbons (Fsp3) is 0.500. The third-order valence-corrected chi connectivity index (χ3v) is 4.17. The molecule has 5 heteroatoms. The van der Waals surface area contributed by atoms with Gasteiger partial charge in [-0.2, -0.15) is 13.2 Å². The smallest absolute Gasteiger partial charge is 0.358 e. The zero-order valence-electron chi connectivity index (χ0n) is 13.5. The lowest BCUT2D eigenvalue weighted by atomic mass is 10.0. The third kappa shape index (κ3) is 4.15. The Morgan fingerprint density at radius 3 is 2.43 bits per heavy atom. The SMILES string of the molecule is CCCCCCCc1c(C)[nH]c2cc(C(F)(F)F)ccc2c1=O. The Hall–Kier alpha value is -1.78. The molecule has 1 aromatic carbocycles. The fourth-order valence-electron chi connectivity index (χ4n) is 2.84. The molecular formula is C18H22F3NO. The molecule has 0 bridgehead atoms. The molecule has 0 amide bonds. The number of fused-ring (bicyclic) bond motifs is 1. The van der Waals surface area contributed by atoms with Gasteiger partial charge in [-0.1, -0.05) is 32.6 Å². The van der Waals surface area contributed by atoms with Crippen molar-refractivity contribution in [2.45, 2.75) is 58.5 Å². The number of rotatable bonds is 6. The first kappa shape index (κ1) is 17.6. The minimum atomic E-state index is -4.41. The number of nitrogens with one attached hydrogen (secondary N) is 1. The quantitative estimate of drug-likeness (QED) is 0.712. The van der Waals surface area contributed by atoms with Crippen LogP contribution < -0.4 is 5.43 Å². The number of aromatic nitrogens is 1. The van der Waals surface area contributed by atoms with Gasteiger partial charge in [-0.15, -0.1) is 0 Å². The third-order valence-electron chi connectivity index (χ3n) is 4.17. The van der Waals surface area contributed by atoms with E-state index in [2.05, 4.69) is 11.9 Å². The second kappa shape index (κ2) is 7.20. The lowest BCUT2D eigenvalue weighted by Crippen LogP contribution is -2.14. The second-order valence-corrected chi connectivity index (χ2v) is 5.98. The predicted molar refractivity (Wildman–Crippen MR) is 86.8 cm³/mol. The highest BCUT2D eigenvalue weighted by Crippen LogP contribution is 2.30. The topological polar surface area (TPSA) is 32.9 Å². The molecule has 0 radical (unpaired) electrons. The second-order valence-electron chi connectivity index (χ2n) is 5.98. The Kier molecular flexibility index (Phi) is 5.50. The molecule has 0 spiro atoms. The van der Waals surface area contributed by atoms with Crippen LogP contribution in [0.4, 0.5) is 13.2 Å². The summed E-state index contributed by atoms with van der Waals surface area (Å²) in [6.07, 6.45) is 1.76. The average molecular weight is 325 g/mol. The molecule has 1 N–H and O–H groups in total. The van der Waals surface area contributed by atoms with Crippen LogP contribution in [0, 0.1) is 6.92 Å². The summed E-state index contributed by atoms with van der Waals surface area (Å²) in [7, 11) is 0. The molecule has 2 nitrogen and oxygen atoms in total. The van der Waals surface area contributed by atoms with Crippen molar-refractivity contribution < 1.29 is 13.2 Å². The minimum absolute atomic E-state index is 0.152. The summed E-state index contributed by atoms with van der Waals surface area (Å²) in [6, 6.07) is 3.25. The zero-order chi connectivity index (χ0) is 17.0. The molecule has 0 aliphatic rings. The first-order valence-corrected chi connectivity index (χ1v) is 8.07. The van der Waals surface area contributed by atoms with E-state index in [4.69, 9.17) is 0 Å². The highest BCUT2D eigenvalue weighted by Gasteiger charge is 2.30. The molecule has 1 heterocycles. The lowest BCUT2D eigenvalue weighted by Gasteiger charge is -2.11. The van der Waals surface area contributed by atoms with Crippen LogP contribution in [-0.4, -0.2) is 4.98 Å². The summed E-state index contributed by atoms with van der Waals surface area (Å²) in [5.74, 6) is 0. The van der Waals surface area contributed by atoms with Crippen LogP contribution in [0.3, 0.4) is 0 Å². The summed E-state index contributed by atoms with van der Waals surface area (Å²) >= 11 is 0. The fourth-order valence-corrected chi connectivity index (χ4v) is 2.84. The number of hydrogen-bond acceptors (Lipinski definition) is 1. The molecule has 23 heavy (non-hydrogen) atoms. The van der Waals surface area contributed by atoms with Gasteiger partial charge in [-0.05, 0) is 38.0 Å². The van der Waals surface area contributed by atoms with Crippen molar-refractivity contribution >= 4 is 10.9 Å². The normalized spacial score (nSPS) is 12.0. The molecule has 0 aliphatic carbocycles. The number of unbranched alkanes of at least 4 members (excludes halogenated alkanes) is 4. The van der Waals surface area contributed by atoms with Crippen LogP contribution >= 0.6 is 0 Å². The number of aromatic amines is 1. The molecule has 0 saturated carbocycles. The van der Waals surface area contributed by atoms with E-state index in [0.717, 1.165) is 37.8 Å². The Bertz CT molecular complexity index is 731. The van der Waals surface area contributed by atoms with Gasteiger partial charge in [0, 0.05) is 16.6 Å². The van der Waals surface area contributed by atoms with Gasteiger partial charge in [0.05, 0.1) is 11.1 Å². The largest absolute Gasteiger partial charge is 0.416 e. The van der Waals surface area contributed by atoms with Crippen molar-refractivity contribution in [3.63, 3.8) is 0 Å². The van der Waals surface area contributed by atoms with Crippen molar-refractivity contribution in [2.75, 3.05) is 0 Å². The number of pyridine rings is 1. The monoisotopic (exact) mass is 325 g/mol. The van der Waals surface area contributed by atoms with E-state index in [1.54, 1.807) is 6.92 Å². The predicted octanol–water partition coefficient (Wildman–Crippen LogP) is 5.37. The highest BCUT2D eigenvalue weighted by molar-refractivity contribution is 5.80. The summed E-state index contributed by atoms with van der Waals surface area (Å²) in [4.78, 5) is 15.5. The number of hydrogen-bond donors (Lipinski definition) is 1. The van der Waals surface area contributed by atoms with E-state index in [0.29, 0.717) is 23.1 Å². The molecule has 0 aliphatic heterocycles. The van der Waals surface area contributed by atoms with Gasteiger partial charge in [0.25, 0.3) is 0 Å². The molecule has 2 rings (SSSR count). The van der Waals surface area contributed by atoms with Crippen LogP contribution in [0.15, 0.2) is 23.0 Å². The average Bonchev–Trinajstić information content (AvgIpc) is 2.48. The number of H-pyrrole nitrogens is 1. The maximum absolute atomic E-state index is 12.8. The van der Waals surface area contributed by atoms with E-state index >= 15 is 0 Å². The molecule has 0 fully saturated rings. The zero-order valence-corrected chi connectivity index (χ0v) is 13.5. The Balaban J connectivity index is 2.29. The lowest BCUT2D eigenvalue weighted by molar-refractivity contribution is -0.137. The van der Waals surface area contributed by atoms with Crippen molar-refractivity contribution in [3.05, 3.63) is 45.2 Å². The van der Waals surface area contributed by atoms with Gasteiger partial charge in [0.1, 0.15) is 0 Å². The first-order chi connectivity index (χ1) is 10.8. The summed E-state index contributed by atoms with van der Waals surface area (Å²) in [5, 5.41) is 0.326. The van der Waals surface area contributed by atoms with Crippen LogP contribution in [0.2, 0.25) is 0 Å². The van der Waals surface area contributed by atoms with Crippen LogP contribution in [0.1, 0.15) is 55.8 Å². The molecule has 126 valence electrons. The number of benzene rings is 1. The number of alkyl halides is 3. The Labute approximate surface area is 133 Å². The summed E-state index contributed by atoms with van der Waals surface area (Å²) in [6.45, 7) is 3.90. The van der Waals surface area contributed by atoms with E-state index < -0.39 is 11.7 Å². The van der Waals surface area contributed by atoms with E-state index in [-0.39, 0.29) is 10.9 Å². The van der Waals surface area contributed by atoms with E-state index in [9.17, 15) is 18.0 Å². The molecule has 0 unspecified atom stereocenters. The van der Waals surface area contributed by atoms with Crippen LogP contribution in [0.25, 0.3) is 10.9 Å². The minimum Gasteiger partial charge on any atom is -0.358 e. The standard InChI is InChI=1S/C18H22F3NO/c1-3-4-5-6-7-8-14-12(2)22-16-11-13(18(19,20)21)9-10-15(16)17(14)23/h9-11H,3-8H2,1-2H3,(H,22,23). The van der Waals surface area contributed by atoms with Crippen molar-refractivity contribution in [1.29, 1.82) is 0 Å². The van der Waals surface area contributed by atoms with Crippen molar-refractivity contribution in [1.82, 2.24) is 4.98 Å². The summed E-state index contributed by atoms with van der Waals surface area (Å²) < 4.78 is 38.3. The van der Waals surface area contributed by atoms with Gasteiger partial charge in [0.15, 0.2) is 5.43 Å². The maximum Gasteiger partial charge on any atom is 0.416 e. The van der Waals surface area contributed by atoms with Gasteiger partial charge in [-0.3, -0.25) is 4.79 Å². The van der Waals surface area contributed by atoms with Crippen molar-refractivity contribution in [3.8, 4) is 0 Å². The summed E-state index contributed by atoms with van der Waals surface area (Å²) in [5.41, 5.74) is 0.705. The molecule has 1 aromatic heterocycles. The van der Waals surface area contributed by atoms with E-state index in [1.807, 2.05) is 0 Å².